The van der Waals surface area contributed by atoms with Gasteiger partial charge in [-0.3, -0.25) is 14.9 Å². The van der Waals surface area contributed by atoms with E-state index in [1.807, 2.05) is 5.32 Å². The standard InChI is InChI=1S/C4H3NO2.C4H8OSi/c6-3-1-2-4(7)5-3;1-2-4-6-5-3-1/h1-2H,(H,5,6,7);1-4H2. The van der Waals surface area contributed by atoms with Gasteiger partial charge in [0.05, 0.1) is 0 Å². The second-order valence-electron chi connectivity index (χ2n) is 2.64. The Balaban J connectivity index is 0.000000132. The molecule has 0 aromatic rings. The van der Waals surface area contributed by atoms with Crippen LogP contribution in [0.25, 0.3) is 0 Å². The van der Waals surface area contributed by atoms with Crippen LogP contribution in [-0.2, 0) is 14.0 Å². The Labute approximate surface area is 79.3 Å². The summed E-state index contributed by atoms with van der Waals surface area (Å²) in [5, 5.41) is 2.03. The highest BCUT2D eigenvalue weighted by Crippen LogP contribution is 2.01. The predicted octanol–water partition coefficient (Wildman–Crippen LogP) is 0.0333. The Morgan fingerprint density at radius 2 is 1.92 bits per heavy atom. The minimum atomic E-state index is -0.329. The topological polar surface area (TPSA) is 55.4 Å². The lowest BCUT2D eigenvalue weighted by atomic mass is 10.4. The molecule has 2 heterocycles. The number of amides is 2. The Morgan fingerprint density at radius 1 is 1.23 bits per heavy atom. The summed E-state index contributed by atoms with van der Waals surface area (Å²) in [7, 11) is 0.802. The van der Waals surface area contributed by atoms with Gasteiger partial charge in [-0.05, 0) is 12.5 Å². The molecule has 0 spiro atoms. The van der Waals surface area contributed by atoms with E-state index in [1.54, 1.807) is 0 Å². The summed E-state index contributed by atoms with van der Waals surface area (Å²) in [5.74, 6) is -0.657. The molecule has 1 fully saturated rings. The van der Waals surface area contributed by atoms with Crippen LogP contribution in [0.5, 0.6) is 0 Å². The van der Waals surface area contributed by atoms with Gasteiger partial charge in [0.1, 0.15) is 0 Å². The van der Waals surface area contributed by atoms with E-state index in [9.17, 15) is 9.59 Å². The van der Waals surface area contributed by atoms with Crippen molar-refractivity contribution in [1.29, 1.82) is 0 Å². The molecule has 0 bridgehead atoms. The van der Waals surface area contributed by atoms with Crippen LogP contribution in [-0.4, -0.2) is 28.2 Å². The second kappa shape index (κ2) is 5.66. The van der Waals surface area contributed by atoms with E-state index >= 15 is 0 Å². The molecule has 2 amide bonds. The molecule has 0 aliphatic carbocycles. The van der Waals surface area contributed by atoms with Gasteiger partial charge in [0.25, 0.3) is 11.8 Å². The molecule has 0 aromatic heterocycles. The third-order valence-electron chi connectivity index (χ3n) is 1.51. The molecule has 2 radical (unpaired) electrons. The number of nitrogens with one attached hydrogen (secondary N) is 1. The van der Waals surface area contributed by atoms with Crippen molar-refractivity contribution in [3.63, 3.8) is 0 Å². The van der Waals surface area contributed by atoms with Gasteiger partial charge in [-0.25, -0.2) is 0 Å². The molecule has 0 saturated carbocycles. The summed E-state index contributed by atoms with van der Waals surface area (Å²) < 4.78 is 5.10. The summed E-state index contributed by atoms with van der Waals surface area (Å²) in [6.45, 7) is 1.01. The average molecular weight is 197 g/mol. The molecule has 0 aromatic carbocycles. The second-order valence-corrected chi connectivity index (χ2v) is 3.71. The fraction of sp³-hybridized carbons (Fsp3) is 0.500. The van der Waals surface area contributed by atoms with Crippen LogP contribution in [0, 0.1) is 0 Å². The van der Waals surface area contributed by atoms with Crippen LogP contribution in [0.3, 0.4) is 0 Å². The molecule has 0 unspecified atom stereocenters. The summed E-state index contributed by atoms with van der Waals surface area (Å²) in [6, 6.07) is 1.31. The van der Waals surface area contributed by atoms with Crippen molar-refractivity contribution in [3.8, 4) is 0 Å². The molecule has 5 heteroatoms. The monoisotopic (exact) mass is 197 g/mol. The van der Waals surface area contributed by atoms with Crippen LogP contribution in [0.4, 0.5) is 0 Å². The number of carbonyl (C=O) groups is 2. The van der Waals surface area contributed by atoms with Gasteiger partial charge in [0, 0.05) is 18.8 Å². The molecular weight excluding hydrogens is 186 g/mol. The number of carbonyl (C=O) groups excluding carboxylic acids is 2. The fourth-order valence-electron chi connectivity index (χ4n) is 0.872. The number of imide groups is 1. The Morgan fingerprint density at radius 3 is 2.08 bits per heavy atom. The zero-order valence-corrected chi connectivity index (χ0v) is 8.21. The highest BCUT2D eigenvalue weighted by atomic mass is 28.2. The first-order chi connectivity index (χ1) is 6.29. The highest BCUT2D eigenvalue weighted by molar-refractivity contribution is 6.27. The zero-order valence-electron chi connectivity index (χ0n) is 7.21. The lowest BCUT2D eigenvalue weighted by Crippen LogP contribution is -2.19. The fourth-order valence-corrected chi connectivity index (χ4v) is 1.70. The summed E-state index contributed by atoms with van der Waals surface area (Å²) in [5.41, 5.74) is 0. The zero-order chi connectivity index (χ0) is 9.52. The number of hydrogen-bond donors (Lipinski definition) is 1. The summed E-state index contributed by atoms with van der Waals surface area (Å²) >= 11 is 0. The summed E-state index contributed by atoms with van der Waals surface area (Å²) in [4.78, 5) is 20.1. The molecular formula is C8H11NO3Si. The van der Waals surface area contributed by atoms with Crippen molar-refractivity contribution in [2.75, 3.05) is 6.61 Å². The van der Waals surface area contributed by atoms with E-state index in [4.69, 9.17) is 4.43 Å². The maximum absolute atomic E-state index is 10.0. The van der Waals surface area contributed by atoms with E-state index < -0.39 is 0 Å². The minimum Gasteiger partial charge on any atom is -0.417 e. The van der Waals surface area contributed by atoms with Crippen molar-refractivity contribution in [2.24, 2.45) is 0 Å². The van der Waals surface area contributed by atoms with Gasteiger partial charge < -0.3 is 4.43 Å². The highest BCUT2D eigenvalue weighted by Gasteiger charge is 2.06. The van der Waals surface area contributed by atoms with E-state index in [1.165, 1.54) is 31.0 Å². The molecule has 2 aliphatic rings. The SMILES string of the molecule is C1CC[Si]OC1.O=C1C=CC(=O)N1. The molecule has 1 saturated heterocycles. The van der Waals surface area contributed by atoms with Crippen LogP contribution in [0.2, 0.25) is 6.04 Å². The van der Waals surface area contributed by atoms with Gasteiger partial charge in [-0.1, -0.05) is 6.42 Å². The Kier molecular flexibility index (Phi) is 4.41. The van der Waals surface area contributed by atoms with Crippen molar-refractivity contribution >= 4 is 21.6 Å². The normalized spacial score (nSPS) is 20.6. The first kappa shape index (κ1) is 10.1. The van der Waals surface area contributed by atoms with Crippen molar-refractivity contribution in [3.05, 3.63) is 12.2 Å². The average Bonchev–Trinajstić information content (AvgIpc) is 2.54. The predicted molar refractivity (Wildman–Crippen MR) is 48.0 cm³/mol. The van der Waals surface area contributed by atoms with Gasteiger partial charge in [0.15, 0.2) is 0 Å². The molecule has 0 atom stereocenters. The smallest absolute Gasteiger partial charge is 0.250 e. The van der Waals surface area contributed by atoms with E-state index in [0.717, 1.165) is 16.4 Å². The van der Waals surface area contributed by atoms with Crippen LogP contribution in [0.15, 0.2) is 12.2 Å². The third kappa shape index (κ3) is 4.59. The first-order valence-electron chi connectivity index (χ1n) is 4.17. The Hall–Kier alpha value is -0.943. The largest absolute Gasteiger partial charge is 0.417 e. The molecule has 4 nitrogen and oxygen atoms in total. The molecule has 2 aliphatic heterocycles. The van der Waals surface area contributed by atoms with Crippen molar-refractivity contribution in [2.45, 2.75) is 18.9 Å². The molecule has 1 N–H and O–H groups in total. The van der Waals surface area contributed by atoms with Gasteiger partial charge in [-0.15, -0.1) is 0 Å². The van der Waals surface area contributed by atoms with Gasteiger partial charge in [-0.2, -0.15) is 0 Å². The lowest BCUT2D eigenvalue weighted by molar-refractivity contribution is -0.123. The van der Waals surface area contributed by atoms with Crippen LogP contribution in [0.1, 0.15) is 12.8 Å². The summed E-state index contributed by atoms with van der Waals surface area (Å²) in [6.07, 6.45) is 5.07. The number of rotatable bonds is 0. The molecule has 70 valence electrons. The number of hydrogen-bond acceptors (Lipinski definition) is 3. The maximum atomic E-state index is 10.0. The van der Waals surface area contributed by atoms with E-state index in [-0.39, 0.29) is 11.8 Å². The minimum absolute atomic E-state index is 0.329. The van der Waals surface area contributed by atoms with E-state index in [2.05, 4.69) is 0 Å². The molecule has 2 rings (SSSR count). The third-order valence-corrected chi connectivity index (χ3v) is 2.48. The van der Waals surface area contributed by atoms with Gasteiger partial charge in [0.2, 0.25) is 9.76 Å². The van der Waals surface area contributed by atoms with Crippen LogP contribution >= 0.6 is 0 Å². The quantitative estimate of drug-likeness (QED) is 0.440. The first-order valence-corrected chi connectivity index (χ1v) is 5.28. The van der Waals surface area contributed by atoms with Crippen molar-refractivity contribution < 1.29 is 14.0 Å². The van der Waals surface area contributed by atoms with Crippen molar-refractivity contribution in [1.82, 2.24) is 5.32 Å². The lowest BCUT2D eigenvalue weighted by Gasteiger charge is -2.06. The maximum Gasteiger partial charge on any atom is 0.250 e. The Bertz CT molecular complexity index is 196. The van der Waals surface area contributed by atoms with Crippen LogP contribution < -0.4 is 5.32 Å². The van der Waals surface area contributed by atoms with E-state index in [0.29, 0.717) is 0 Å². The molecule has 13 heavy (non-hydrogen) atoms. The van der Waals surface area contributed by atoms with Gasteiger partial charge >= 0.3 is 0 Å².